The van der Waals surface area contributed by atoms with Gasteiger partial charge in [0.05, 0.1) is 11.3 Å². The van der Waals surface area contributed by atoms with Crippen molar-refractivity contribution in [1.29, 1.82) is 5.26 Å². The van der Waals surface area contributed by atoms with Crippen molar-refractivity contribution in [3.63, 3.8) is 0 Å². The number of nitriles is 1. The molecule has 2 aromatic heterocycles. The molecule has 7 nitrogen and oxygen atoms in total. The summed E-state index contributed by atoms with van der Waals surface area (Å²) < 4.78 is 7.79. The van der Waals surface area contributed by atoms with Crippen molar-refractivity contribution in [2.45, 2.75) is 57.8 Å². The number of hydrogen-bond donors (Lipinski definition) is 1. The minimum Gasteiger partial charge on any atom is -0.486 e. The Morgan fingerprint density at radius 1 is 1.40 bits per heavy atom. The fourth-order valence-corrected chi connectivity index (χ4v) is 6.21. The molecule has 0 aliphatic heterocycles. The maximum atomic E-state index is 12.7. The third-order valence-electron chi connectivity index (χ3n) is 6.01. The van der Waals surface area contributed by atoms with Gasteiger partial charge in [-0.25, -0.2) is 0 Å². The van der Waals surface area contributed by atoms with Crippen molar-refractivity contribution in [3.8, 4) is 11.8 Å². The van der Waals surface area contributed by atoms with Crippen LogP contribution in [0.5, 0.6) is 5.75 Å². The fourth-order valence-electron chi connectivity index (χ4n) is 4.06. The van der Waals surface area contributed by atoms with Crippen LogP contribution in [0.2, 0.25) is 0 Å². The molecule has 0 radical (unpaired) electrons. The molecule has 1 N–H and O–H groups in total. The van der Waals surface area contributed by atoms with E-state index in [-0.39, 0.29) is 18.3 Å². The highest BCUT2D eigenvalue weighted by molar-refractivity contribution is 7.99. The summed E-state index contributed by atoms with van der Waals surface area (Å²) in [5, 5.41) is 22.4. The van der Waals surface area contributed by atoms with Gasteiger partial charge < -0.3 is 10.1 Å². The fraction of sp³-hybridized carbons (Fsp3) is 0.385. The first-order valence-electron chi connectivity index (χ1n) is 11.7. The number of amides is 1. The summed E-state index contributed by atoms with van der Waals surface area (Å²) in [7, 11) is 0. The van der Waals surface area contributed by atoms with Crippen LogP contribution < -0.4 is 10.1 Å². The number of anilines is 1. The van der Waals surface area contributed by atoms with E-state index < -0.39 is 0 Å². The minimum atomic E-state index is -0.167. The van der Waals surface area contributed by atoms with Crippen LogP contribution in [-0.4, -0.2) is 26.4 Å². The molecule has 0 saturated carbocycles. The predicted octanol–water partition coefficient (Wildman–Crippen LogP) is 5.39. The number of thioether (sulfide) groups is 1. The van der Waals surface area contributed by atoms with Gasteiger partial charge in [0.1, 0.15) is 23.4 Å². The Kier molecular flexibility index (Phi) is 8.26. The van der Waals surface area contributed by atoms with Gasteiger partial charge in [0.2, 0.25) is 5.91 Å². The first kappa shape index (κ1) is 25.0. The van der Waals surface area contributed by atoms with Crippen molar-refractivity contribution in [2.75, 3.05) is 11.1 Å². The van der Waals surface area contributed by atoms with E-state index in [0.29, 0.717) is 34.0 Å². The monoisotopic (exact) mass is 507 g/mol. The molecule has 0 bridgehead atoms. The van der Waals surface area contributed by atoms with Gasteiger partial charge in [0.25, 0.3) is 0 Å². The molecule has 3 aromatic rings. The summed E-state index contributed by atoms with van der Waals surface area (Å²) in [5.74, 6) is 2.04. The Morgan fingerprint density at radius 3 is 2.91 bits per heavy atom. The number of fused-ring (bicyclic) bond motifs is 1. The first-order valence-corrected chi connectivity index (χ1v) is 13.5. The van der Waals surface area contributed by atoms with Crippen LogP contribution in [0.25, 0.3) is 0 Å². The average molecular weight is 508 g/mol. The van der Waals surface area contributed by atoms with E-state index in [9.17, 15) is 10.1 Å². The molecule has 0 fully saturated rings. The Labute approximate surface area is 214 Å². The number of thiophene rings is 1. The standard InChI is InChI=1S/C26H29N5O2S2/c1-4-12-31-23(15-33-19-9-7-18(5-2)8-10-19)29-30-26(31)34-16-24(32)28-25-21(14-27)20-11-6-17(3)13-22(20)35-25/h4,7-10,17H,1,5-6,11-13,15-16H2,2-3H3,(H,28,32). The average Bonchev–Trinajstić information content (AvgIpc) is 3.41. The van der Waals surface area contributed by atoms with Crippen LogP contribution in [0.15, 0.2) is 42.1 Å². The third-order valence-corrected chi connectivity index (χ3v) is 8.15. The number of aromatic nitrogens is 3. The summed E-state index contributed by atoms with van der Waals surface area (Å²) in [6.07, 6.45) is 5.70. The molecular weight excluding hydrogens is 478 g/mol. The summed E-state index contributed by atoms with van der Waals surface area (Å²) in [4.78, 5) is 14.0. The molecule has 2 heterocycles. The van der Waals surface area contributed by atoms with E-state index >= 15 is 0 Å². The number of allylic oxidation sites excluding steroid dienone is 1. The van der Waals surface area contributed by atoms with Crippen LogP contribution >= 0.6 is 23.1 Å². The lowest BCUT2D eigenvalue weighted by Crippen LogP contribution is -2.15. The van der Waals surface area contributed by atoms with E-state index in [1.54, 1.807) is 6.08 Å². The van der Waals surface area contributed by atoms with E-state index in [1.165, 1.54) is 33.5 Å². The lowest BCUT2D eigenvalue weighted by molar-refractivity contribution is -0.113. The number of rotatable bonds is 10. The number of aryl methyl sites for hydroxylation is 1. The van der Waals surface area contributed by atoms with Crippen molar-refractivity contribution < 1.29 is 9.53 Å². The van der Waals surface area contributed by atoms with Gasteiger partial charge in [-0.3, -0.25) is 9.36 Å². The predicted molar refractivity (Wildman–Crippen MR) is 140 cm³/mol. The molecule has 182 valence electrons. The smallest absolute Gasteiger partial charge is 0.235 e. The van der Waals surface area contributed by atoms with Gasteiger partial charge in [-0.15, -0.1) is 28.1 Å². The Balaban J connectivity index is 1.38. The molecule has 1 amide bonds. The molecule has 9 heteroatoms. The number of hydrogen-bond acceptors (Lipinski definition) is 7. The van der Waals surface area contributed by atoms with Crippen LogP contribution in [-0.2, 0) is 37.2 Å². The number of benzene rings is 1. The minimum absolute atomic E-state index is 0.165. The van der Waals surface area contributed by atoms with Gasteiger partial charge in [0, 0.05) is 11.4 Å². The zero-order chi connectivity index (χ0) is 24.8. The second-order valence-electron chi connectivity index (χ2n) is 8.59. The second-order valence-corrected chi connectivity index (χ2v) is 10.6. The Hall–Kier alpha value is -3.09. The molecule has 1 atom stereocenters. The first-order chi connectivity index (χ1) is 17.0. The highest BCUT2D eigenvalue weighted by Crippen LogP contribution is 2.39. The Bertz CT molecular complexity index is 1240. The summed E-state index contributed by atoms with van der Waals surface area (Å²) in [6, 6.07) is 10.3. The van der Waals surface area contributed by atoms with E-state index in [1.807, 2.05) is 28.8 Å². The highest BCUT2D eigenvalue weighted by atomic mass is 32.2. The van der Waals surface area contributed by atoms with E-state index in [4.69, 9.17) is 4.74 Å². The van der Waals surface area contributed by atoms with Crippen molar-refractivity contribution in [1.82, 2.24) is 14.8 Å². The normalized spacial score (nSPS) is 14.7. The number of nitrogens with zero attached hydrogens (tertiary/aromatic N) is 4. The molecule has 0 saturated heterocycles. The number of carbonyl (C=O) groups excluding carboxylic acids is 1. The summed E-state index contributed by atoms with van der Waals surface area (Å²) >= 11 is 2.84. The van der Waals surface area contributed by atoms with Gasteiger partial charge in [-0.2, -0.15) is 5.26 Å². The SMILES string of the molecule is C=CCn1c(COc2ccc(CC)cc2)nnc1SCC(=O)Nc1sc2c(c1C#N)CCC(C)C2. The second kappa shape index (κ2) is 11.6. The van der Waals surface area contributed by atoms with Crippen LogP contribution in [0.3, 0.4) is 0 Å². The van der Waals surface area contributed by atoms with Crippen LogP contribution in [0.1, 0.15) is 47.7 Å². The molecule has 4 rings (SSSR count). The highest BCUT2D eigenvalue weighted by Gasteiger charge is 2.25. The molecule has 1 aliphatic rings. The number of nitrogens with one attached hydrogen (secondary N) is 1. The van der Waals surface area contributed by atoms with Crippen LogP contribution in [0.4, 0.5) is 5.00 Å². The van der Waals surface area contributed by atoms with Gasteiger partial charge in [-0.05, 0) is 54.9 Å². The van der Waals surface area contributed by atoms with Gasteiger partial charge in [-0.1, -0.05) is 43.8 Å². The lowest BCUT2D eigenvalue weighted by atomic mass is 9.89. The number of carbonyl (C=O) groups is 1. The lowest BCUT2D eigenvalue weighted by Gasteiger charge is -2.17. The van der Waals surface area contributed by atoms with Crippen molar-refractivity contribution in [2.24, 2.45) is 5.92 Å². The third kappa shape index (κ3) is 5.95. The summed E-state index contributed by atoms with van der Waals surface area (Å²) in [6.45, 7) is 8.95. The zero-order valence-corrected chi connectivity index (χ0v) is 21.7. The zero-order valence-electron chi connectivity index (χ0n) is 20.0. The molecule has 0 spiro atoms. The molecular formula is C26H29N5O2S2. The quantitative estimate of drug-likeness (QED) is 0.292. The topological polar surface area (TPSA) is 92.8 Å². The Morgan fingerprint density at radius 2 is 2.20 bits per heavy atom. The number of ether oxygens (including phenoxy) is 1. The molecule has 1 aromatic carbocycles. The summed E-state index contributed by atoms with van der Waals surface area (Å²) in [5.41, 5.74) is 2.98. The van der Waals surface area contributed by atoms with Crippen molar-refractivity contribution >= 4 is 34.0 Å². The van der Waals surface area contributed by atoms with E-state index in [2.05, 4.69) is 42.0 Å². The maximum Gasteiger partial charge on any atom is 0.235 e. The molecule has 35 heavy (non-hydrogen) atoms. The van der Waals surface area contributed by atoms with Gasteiger partial charge >= 0.3 is 0 Å². The van der Waals surface area contributed by atoms with Crippen molar-refractivity contribution in [3.05, 3.63) is 64.3 Å². The van der Waals surface area contributed by atoms with Gasteiger partial charge in [0.15, 0.2) is 11.0 Å². The largest absolute Gasteiger partial charge is 0.486 e. The van der Waals surface area contributed by atoms with Crippen LogP contribution in [0, 0.1) is 17.2 Å². The molecule has 1 unspecified atom stereocenters. The maximum absolute atomic E-state index is 12.7. The molecule has 1 aliphatic carbocycles. The van der Waals surface area contributed by atoms with E-state index in [0.717, 1.165) is 37.0 Å².